The molecule has 2 aromatic rings. The summed E-state index contributed by atoms with van der Waals surface area (Å²) in [6.07, 6.45) is 2.25. The van der Waals surface area contributed by atoms with Gasteiger partial charge in [0.25, 0.3) is 0 Å². The number of nitrogens with one attached hydrogen (secondary N) is 1. The highest BCUT2D eigenvalue weighted by atomic mass is 16.6. The zero-order valence-corrected chi connectivity index (χ0v) is 14.4. The quantitative estimate of drug-likeness (QED) is 0.932. The van der Waals surface area contributed by atoms with Gasteiger partial charge in [0.05, 0.1) is 6.61 Å². The summed E-state index contributed by atoms with van der Waals surface area (Å²) < 4.78 is 10.7. The van der Waals surface area contributed by atoms with E-state index in [0.717, 1.165) is 25.9 Å². The summed E-state index contributed by atoms with van der Waals surface area (Å²) >= 11 is 0. The number of piperidine rings is 1. The number of anilines is 1. The molecular formula is C17H24N4O3. The van der Waals surface area contributed by atoms with Gasteiger partial charge in [-0.25, -0.2) is 4.79 Å². The normalized spacial score (nSPS) is 15.9. The van der Waals surface area contributed by atoms with E-state index in [-0.39, 0.29) is 12.1 Å². The Morgan fingerprint density at radius 1 is 1.42 bits per heavy atom. The highest BCUT2D eigenvalue weighted by Crippen LogP contribution is 2.24. The highest BCUT2D eigenvalue weighted by molar-refractivity contribution is 5.91. The van der Waals surface area contributed by atoms with Crippen molar-refractivity contribution in [3.8, 4) is 6.08 Å². The summed E-state index contributed by atoms with van der Waals surface area (Å²) in [5.41, 5.74) is 2.02. The molecule has 2 heterocycles. The molecule has 1 aromatic carbocycles. The van der Waals surface area contributed by atoms with Crippen molar-refractivity contribution < 1.29 is 13.9 Å². The van der Waals surface area contributed by atoms with Gasteiger partial charge in [-0.15, -0.1) is 0 Å². The predicted molar refractivity (Wildman–Crippen MR) is 92.5 cm³/mol. The molecule has 1 saturated heterocycles. The van der Waals surface area contributed by atoms with Crippen molar-refractivity contribution in [3.63, 3.8) is 0 Å². The Hall–Kier alpha value is -2.28. The number of oxazole rings is 1. The Bertz CT molecular complexity index is 705. The minimum absolute atomic E-state index is 0.0694. The molecule has 2 amide bonds. The van der Waals surface area contributed by atoms with Crippen LogP contribution in [0.3, 0.4) is 0 Å². The zero-order valence-electron chi connectivity index (χ0n) is 14.4. The number of likely N-dealkylation sites (tertiary alicyclic amines) is 1. The molecule has 0 bridgehead atoms. The summed E-state index contributed by atoms with van der Waals surface area (Å²) in [6, 6.07) is 5.88. The maximum Gasteiger partial charge on any atom is 0.394 e. The molecule has 3 rings (SSSR count). The minimum Gasteiger partial charge on any atom is -0.450 e. The number of aromatic nitrogens is 1. The SMILES string of the molecule is CCOc1nc2cc(NC(=O)N3CCC(N(C)C)CC3)ccc2o1. The molecule has 1 aromatic heterocycles. The van der Waals surface area contributed by atoms with E-state index in [2.05, 4.69) is 29.3 Å². The van der Waals surface area contributed by atoms with Crippen LogP contribution in [0.4, 0.5) is 10.5 Å². The van der Waals surface area contributed by atoms with Gasteiger partial charge in [0.1, 0.15) is 5.52 Å². The number of urea groups is 1. The lowest BCUT2D eigenvalue weighted by atomic mass is 10.0. The van der Waals surface area contributed by atoms with E-state index in [4.69, 9.17) is 9.15 Å². The van der Waals surface area contributed by atoms with E-state index in [1.54, 1.807) is 12.1 Å². The van der Waals surface area contributed by atoms with Crippen LogP contribution in [-0.2, 0) is 0 Å². The van der Waals surface area contributed by atoms with Crippen molar-refractivity contribution in [3.05, 3.63) is 18.2 Å². The molecule has 1 N–H and O–H groups in total. The second kappa shape index (κ2) is 7.09. The van der Waals surface area contributed by atoms with Crippen molar-refractivity contribution in [1.82, 2.24) is 14.8 Å². The molecule has 130 valence electrons. The van der Waals surface area contributed by atoms with Gasteiger partial charge < -0.3 is 24.3 Å². The van der Waals surface area contributed by atoms with Crippen LogP contribution in [-0.4, -0.2) is 60.6 Å². The largest absolute Gasteiger partial charge is 0.450 e. The molecule has 0 atom stereocenters. The van der Waals surface area contributed by atoms with Crippen LogP contribution in [0.5, 0.6) is 6.08 Å². The van der Waals surface area contributed by atoms with Crippen LogP contribution in [0.2, 0.25) is 0 Å². The Morgan fingerprint density at radius 2 is 2.17 bits per heavy atom. The van der Waals surface area contributed by atoms with E-state index in [1.165, 1.54) is 0 Å². The summed E-state index contributed by atoms with van der Waals surface area (Å²) in [5, 5.41) is 2.94. The van der Waals surface area contributed by atoms with Crippen molar-refractivity contribution in [1.29, 1.82) is 0 Å². The lowest BCUT2D eigenvalue weighted by Crippen LogP contribution is -2.46. The number of hydrogen-bond donors (Lipinski definition) is 1. The van der Waals surface area contributed by atoms with E-state index in [0.29, 0.717) is 29.4 Å². The third-order valence-corrected chi connectivity index (χ3v) is 4.37. The molecule has 0 unspecified atom stereocenters. The fourth-order valence-electron chi connectivity index (χ4n) is 2.96. The van der Waals surface area contributed by atoms with Crippen molar-refractivity contribution in [2.45, 2.75) is 25.8 Å². The van der Waals surface area contributed by atoms with Crippen LogP contribution in [0.1, 0.15) is 19.8 Å². The number of hydrogen-bond acceptors (Lipinski definition) is 5. The summed E-state index contributed by atoms with van der Waals surface area (Å²) in [7, 11) is 4.17. The van der Waals surface area contributed by atoms with Crippen molar-refractivity contribution in [2.24, 2.45) is 0 Å². The summed E-state index contributed by atoms with van der Waals surface area (Å²) in [4.78, 5) is 20.8. The van der Waals surface area contributed by atoms with Crippen molar-refractivity contribution in [2.75, 3.05) is 39.1 Å². The topological polar surface area (TPSA) is 70.8 Å². The first-order chi connectivity index (χ1) is 11.6. The molecule has 1 aliphatic rings. The van der Waals surface area contributed by atoms with Crippen LogP contribution >= 0.6 is 0 Å². The standard InChI is InChI=1S/C17H24N4O3/c1-4-23-17-19-14-11-12(5-6-15(14)24-17)18-16(22)21-9-7-13(8-10-21)20(2)3/h5-6,11,13H,4,7-10H2,1-3H3,(H,18,22). The smallest absolute Gasteiger partial charge is 0.394 e. The van der Waals surface area contributed by atoms with Crippen LogP contribution in [0.15, 0.2) is 22.6 Å². The Kier molecular flexibility index (Phi) is 4.89. The zero-order chi connectivity index (χ0) is 17.1. The number of rotatable bonds is 4. The molecule has 1 fully saturated rings. The van der Waals surface area contributed by atoms with Gasteiger partial charge in [0.15, 0.2) is 5.58 Å². The summed E-state index contributed by atoms with van der Waals surface area (Å²) in [5.74, 6) is 0. The van der Waals surface area contributed by atoms with Gasteiger partial charge >= 0.3 is 12.1 Å². The number of amides is 2. The first-order valence-corrected chi connectivity index (χ1v) is 8.32. The summed E-state index contributed by atoms with van der Waals surface area (Å²) in [6.45, 7) is 3.92. The van der Waals surface area contributed by atoms with Gasteiger partial charge in [0, 0.05) is 24.8 Å². The molecule has 24 heavy (non-hydrogen) atoms. The average Bonchev–Trinajstić information content (AvgIpc) is 2.97. The number of fused-ring (bicyclic) bond motifs is 1. The number of ether oxygens (including phenoxy) is 1. The fourth-order valence-corrected chi connectivity index (χ4v) is 2.96. The van der Waals surface area contributed by atoms with Crippen LogP contribution in [0, 0.1) is 0 Å². The molecule has 7 heteroatoms. The second-order valence-electron chi connectivity index (χ2n) is 6.21. The van der Waals surface area contributed by atoms with Gasteiger partial charge in [-0.3, -0.25) is 0 Å². The number of carbonyl (C=O) groups is 1. The van der Waals surface area contributed by atoms with Crippen molar-refractivity contribution >= 4 is 22.8 Å². The minimum atomic E-state index is -0.0694. The van der Waals surface area contributed by atoms with E-state index in [1.807, 2.05) is 17.9 Å². The Balaban J connectivity index is 1.63. The molecule has 0 aliphatic carbocycles. The molecule has 7 nitrogen and oxygen atoms in total. The van der Waals surface area contributed by atoms with E-state index >= 15 is 0 Å². The molecule has 0 saturated carbocycles. The lowest BCUT2D eigenvalue weighted by molar-refractivity contribution is 0.156. The molecular weight excluding hydrogens is 308 g/mol. The maximum atomic E-state index is 12.4. The number of benzene rings is 1. The molecule has 1 aliphatic heterocycles. The molecule has 0 radical (unpaired) electrons. The van der Waals surface area contributed by atoms with E-state index in [9.17, 15) is 4.79 Å². The number of nitrogens with zero attached hydrogens (tertiary/aromatic N) is 3. The van der Waals surface area contributed by atoms with Crippen LogP contribution < -0.4 is 10.1 Å². The molecule has 0 spiro atoms. The van der Waals surface area contributed by atoms with Gasteiger partial charge in [0.2, 0.25) is 0 Å². The Labute approximate surface area is 141 Å². The lowest BCUT2D eigenvalue weighted by Gasteiger charge is -2.35. The second-order valence-corrected chi connectivity index (χ2v) is 6.21. The van der Waals surface area contributed by atoms with Crippen LogP contribution in [0.25, 0.3) is 11.1 Å². The Morgan fingerprint density at radius 3 is 2.83 bits per heavy atom. The number of carbonyl (C=O) groups excluding carboxylic acids is 1. The maximum absolute atomic E-state index is 12.4. The van der Waals surface area contributed by atoms with Gasteiger partial charge in [-0.05, 0) is 52.1 Å². The first-order valence-electron chi connectivity index (χ1n) is 8.32. The third-order valence-electron chi connectivity index (χ3n) is 4.37. The third kappa shape index (κ3) is 3.62. The first kappa shape index (κ1) is 16.6. The average molecular weight is 332 g/mol. The predicted octanol–water partition coefficient (Wildman–Crippen LogP) is 2.78. The van der Waals surface area contributed by atoms with E-state index < -0.39 is 0 Å². The van der Waals surface area contributed by atoms with Gasteiger partial charge in [-0.1, -0.05) is 0 Å². The van der Waals surface area contributed by atoms with Gasteiger partial charge in [-0.2, -0.15) is 4.98 Å². The highest BCUT2D eigenvalue weighted by Gasteiger charge is 2.24. The fraction of sp³-hybridized carbons (Fsp3) is 0.529. The monoisotopic (exact) mass is 332 g/mol.